The monoisotopic (exact) mass is 272 g/mol. The van der Waals surface area contributed by atoms with Gasteiger partial charge >= 0.3 is 5.69 Å². The maximum atomic E-state index is 13.7. The Morgan fingerprint density at radius 3 is 2.72 bits per heavy atom. The number of thioether (sulfide) groups is 1. The van der Waals surface area contributed by atoms with Gasteiger partial charge in [0.1, 0.15) is 0 Å². The summed E-state index contributed by atoms with van der Waals surface area (Å²) in [6.45, 7) is 0. The van der Waals surface area contributed by atoms with Crippen LogP contribution in [0.2, 0.25) is 0 Å². The second-order valence-corrected chi connectivity index (χ2v) is 4.77. The van der Waals surface area contributed by atoms with Crippen LogP contribution >= 0.6 is 11.8 Å². The average molecular weight is 272 g/mol. The van der Waals surface area contributed by atoms with Gasteiger partial charge in [0.2, 0.25) is 11.7 Å². The number of nitro groups is 1. The summed E-state index contributed by atoms with van der Waals surface area (Å²) in [4.78, 5) is 22.5. The zero-order valence-electron chi connectivity index (χ0n) is 10.1. The lowest BCUT2D eigenvalue weighted by Crippen LogP contribution is -2.23. The minimum atomic E-state index is -0.827. The summed E-state index contributed by atoms with van der Waals surface area (Å²) < 4.78 is 13.7. The molecular weight excluding hydrogens is 259 g/mol. The van der Waals surface area contributed by atoms with E-state index in [1.807, 2.05) is 0 Å². The quantitative estimate of drug-likeness (QED) is 0.608. The van der Waals surface area contributed by atoms with Crippen molar-refractivity contribution in [3.63, 3.8) is 0 Å². The Balaban J connectivity index is 2.66. The second kappa shape index (κ2) is 6.34. The number of nitrogens with zero attached hydrogens (tertiary/aromatic N) is 2. The molecule has 0 atom stereocenters. The predicted octanol–water partition coefficient (Wildman–Crippen LogP) is 2.06. The second-order valence-electron chi connectivity index (χ2n) is 3.79. The molecule has 0 bridgehead atoms. The van der Waals surface area contributed by atoms with Crippen LogP contribution in [0.3, 0.4) is 0 Å². The number of hydrogen-bond donors (Lipinski definition) is 0. The van der Waals surface area contributed by atoms with Gasteiger partial charge in [-0.1, -0.05) is 12.1 Å². The van der Waals surface area contributed by atoms with Crippen LogP contribution < -0.4 is 0 Å². The van der Waals surface area contributed by atoms with E-state index in [1.165, 1.54) is 28.8 Å². The van der Waals surface area contributed by atoms with E-state index in [0.717, 1.165) is 6.07 Å². The molecule has 0 aliphatic heterocycles. The van der Waals surface area contributed by atoms with Crippen molar-refractivity contribution in [3.8, 4) is 0 Å². The fourth-order valence-corrected chi connectivity index (χ4v) is 2.17. The lowest BCUT2D eigenvalue weighted by Gasteiger charge is -2.09. The third-order valence-electron chi connectivity index (χ3n) is 2.24. The van der Waals surface area contributed by atoms with E-state index < -0.39 is 16.4 Å². The summed E-state index contributed by atoms with van der Waals surface area (Å²) in [5.41, 5.74) is -0.298. The first-order valence-electron chi connectivity index (χ1n) is 5.13. The van der Waals surface area contributed by atoms with Crippen LogP contribution in [0.15, 0.2) is 18.2 Å². The molecule has 0 N–H and O–H groups in total. The van der Waals surface area contributed by atoms with E-state index in [2.05, 4.69) is 0 Å². The van der Waals surface area contributed by atoms with Crippen molar-refractivity contribution < 1.29 is 14.1 Å². The Morgan fingerprint density at radius 2 is 2.17 bits per heavy atom. The van der Waals surface area contributed by atoms with E-state index in [4.69, 9.17) is 0 Å². The summed E-state index contributed by atoms with van der Waals surface area (Å²) >= 11 is 1.22. The fourth-order valence-electron chi connectivity index (χ4n) is 1.20. The van der Waals surface area contributed by atoms with E-state index in [-0.39, 0.29) is 23.0 Å². The molecule has 18 heavy (non-hydrogen) atoms. The number of amides is 1. The number of carbonyl (C=O) groups is 1. The zero-order valence-corrected chi connectivity index (χ0v) is 10.9. The molecule has 5 nitrogen and oxygen atoms in total. The SMILES string of the molecule is CN(C)C(=O)CSCc1cccc([N+](=O)[O-])c1F. The summed E-state index contributed by atoms with van der Waals surface area (Å²) in [5, 5.41) is 10.5. The van der Waals surface area contributed by atoms with Crippen LogP contribution in [0.25, 0.3) is 0 Å². The van der Waals surface area contributed by atoms with Gasteiger partial charge in [0, 0.05) is 31.5 Å². The molecule has 0 unspecified atom stereocenters. The average Bonchev–Trinajstić information content (AvgIpc) is 2.30. The molecule has 1 aromatic carbocycles. The highest BCUT2D eigenvalue weighted by Gasteiger charge is 2.17. The Labute approximate surface area is 108 Å². The van der Waals surface area contributed by atoms with Crippen molar-refractivity contribution in [3.05, 3.63) is 39.7 Å². The first-order chi connectivity index (χ1) is 8.43. The third kappa shape index (κ3) is 3.69. The molecule has 0 aliphatic carbocycles. The number of rotatable bonds is 5. The Hall–Kier alpha value is -1.63. The predicted molar refractivity (Wildman–Crippen MR) is 67.9 cm³/mol. The van der Waals surface area contributed by atoms with Gasteiger partial charge in [-0.2, -0.15) is 4.39 Å². The van der Waals surface area contributed by atoms with E-state index in [0.29, 0.717) is 0 Å². The van der Waals surface area contributed by atoms with E-state index in [1.54, 1.807) is 14.1 Å². The molecule has 0 fully saturated rings. The first kappa shape index (κ1) is 14.4. The summed E-state index contributed by atoms with van der Waals surface area (Å²) in [5.74, 6) is -0.458. The van der Waals surface area contributed by atoms with Gasteiger partial charge in [0.25, 0.3) is 0 Å². The number of halogens is 1. The van der Waals surface area contributed by atoms with Crippen LogP contribution in [-0.2, 0) is 10.5 Å². The number of carbonyl (C=O) groups excluding carboxylic acids is 1. The van der Waals surface area contributed by atoms with Crippen LogP contribution in [0.1, 0.15) is 5.56 Å². The Bertz CT molecular complexity index is 466. The third-order valence-corrected chi connectivity index (χ3v) is 3.20. The number of benzene rings is 1. The van der Waals surface area contributed by atoms with Crippen LogP contribution in [0.5, 0.6) is 0 Å². The van der Waals surface area contributed by atoms with Crippen molar-refractivity contribution in [2.45, 2.75) is 5.75 Å². The van der Waals surface area contributed by atoms with Gasteiger partial charge in [-0.25, -0.2) is 0 Å². The molecule has 7 heteroatoms. The highest BCUT2D eigenvalue weighted by Crippen LogP contribution is 2.23. The fraction of sp³-hybridized carbons (Fsp3) is 0.364. The summed E-state index contributed by atoms with van der Waals surface area (Å²) in [7, 11) is 3.27. The van der Waals surface area contributed by atoms with Gasteiger partial charge < -0.3 is 4.90 Å². The standard InChI is InChI=1S/C11H13FN2O3S/c1-13(2)10(15)7-18-6-8-4-3-5-9(11(8)12)14(16)17/h3-5H,6-7H2,1-2H3. The van der Waals surface area contributed by atoms with Crippen molar-refractivity contribution in [2.24, 2.45) is 0 Å². The zero-order chi connectivity index (χ0) is 13.7. The molecule has 0 radical (unpaired) electrons. The molecule has 0 saturated heterocycles. The van der Waals surface area contributed by atoms with E-state index >= 15 is 0 Å². The Morgan fingerprint density at radius 1 is 1.50 bits per heavy atom. The maximum Gasteiger partial charge on any atom is 0.305 e. The van der Waals surface area contributed by atoms with Crippen LogP contribution in [-0.4, -0.2) is 35.6 Å². The smallest absolute Gasteiger partial charge is 0.305 e. The lowest BCUT2D eigenvalue weighted by atomic mass is 10.2. The highest BCUT2D eigenvalue weighted by atomic mass is 32.2. The molecule has 1 aromatic rings. The van der Waals surface area contributed by atoms with Crippen molar-refractivity contribution >= 4 is 23.4 Å². The number of nitro benzene ring substituents is 1. The maximum absolute atomic E-state index is 13.7. The van der Waals surface area contributed by atoms with Gasteiger partial charge in [0.15, 0.2) is 0 Å². The molecule has 1 amide bonds. The van der Waals surface area contributed by atoms with Crippen molar-refractivity contribution in [1.29, 1.82) is 0 Å². The topological polar surface area (TPSA) is 63.5 Å². The largest absolute Gasteiger partial charge is 0.348 e. The number of hydrogen-bond acceptors (Lipinski definition) is 4. The van der Waals surface area contributed by atoms with Crippen LogP contribution in [0, 0.1) is 15.9 Å². The lowest BCUT2D eigenvalue weighted by molar-refractivity contribution is -0.387. The molecule has 0 saturated carbocycles. The van der Waals surface area contributed by atoms with Crippen molar-refractivity contribution in [2.75, 3.05) is 19.8 Å². The molecule has 1 rings (SSSR count). The van der Waals surface area contributed by atoms with Gasteiger partial charge in [0.05, 0.1) is 10.7 Å². The molecule has 0 heterocycles. The summed E-state index contributed by atoms with van der Waals surface area (Å²) in [6, 6.07) is 4.04. The normalized spacial score (nSPS) is 10.2. The molecule has 0 aliphatic rings. The minimum Gasteiger partial charge on any atom is -0.348 e. The molecular formula is C11H13FN2O3S. The van der Waals surface area contributed by atoms with Crippen LogP contribution in [0.4, 0.5) is 10.1 Å². The molecule has 98 valence electrons. The van der Waals surface area contributed by atoms with Crippen molar-refractivity contribution in [1.82, 2.24) is 4.90 Å². The minimum absolute atomic E-state index is 0.0779. The molecule has 0 spiro atoms. The van der Waals surface area contributed by atoms with Gasteiger partial charge in [-0.15, -0.1) is 11.8 Å². The molecule has 0 aromatic heterocycles. The van der Waals surface area contributed by atoms with E-state index in [9.17, 15) is 19.3 Å². The Kier molecular flexibility index (Phi) is 5.08. The summed E-state index contributed by atoms with van der Waals surface area (Å²) in [6.07, 6.45) is 0. The highest BCUT2D eigenvalue weighted by molar-refractivity contribution is 7.99. The first-order valence-corrected chi connectivity index (χ1v) is 6.28. The van der Waals surface area contributed by atoms with Gasteiger partial charge in [-0.05, 0) is 0 Å². The van der Waals surface area contributed by atoms with Gasteiger partial charge in [-0.3, -0.25) is 14.9 Å².